The predicted molar refractivity (Wildman–Crippen MR) is 103 cm³/mol. The van der Waals surface area contributed by atoms with Crippen LogP contribution < -0.4 is 5.32 Å². The topological polar surface area (TPSA) is 58.6 Å². The van der Waals surface area contributed by atoms with Crippen LogP contribution in [0.4, 0.5) is 0 Å². The number of amides is 2. The summed E-state index contributed by atoms with van der Waals surface area (Å²) in [5.74, 6) is -0.217. The maximum Gasteiger partial charge on any atom is 0.230 e. The smallest absolute Gasteiger partial charge is 0.230 e. The molecule has 27 heavy (non-hydrogen) atoms. The fourth-order valence-corrected chi connectivity index (χ4v) is 6.13. The maximum atomic E-state index is 13.2. The van der Waals surface area contributed by atoms with Gasteiger partial charge in [-0.1, -0.05) is 38.0 Å². The average Bonchev–Trinajstić information content (AvgIpc) is 3.40. The third kappa shape index (κ3) is 2.76. The molecule has 2 bridgehead atoms. The van der Waals surface area contributed by atoms with Gasteiger partial charge < -0.3 is 15.0 Å². The van der Waals surface area contributed by atoms with Crippen LogP contribution in [0, 0.1) is 17.8 Å². The predicted octanol–water partition coefficient (Wildman–Crippen LogP) is 2.73. The van der Waals surface area contributed by atoms with Crippen LogP contribution in [0.3, 0.4) is 0 Å². The molecule has 1 spiro atoms. The zero-order chi connectivity index (χ0) is 18.6. The number of ether oxygens (including phenoxy) is 1. The Morgan fingerprint density at radius 1 is 1.41 bits per heavy atom. The van der Waals surface area contributed by atoms with Gasteiger partial charge in [0.1, 0.15) is 5.60 Å². The van der Waals surface area contributed by atoms with Gasteiger partial charge in [0, 0.05) is 10.9 Å². The largest absolute Gasteiger partial charge is 0.360 e. The van der Waals surface area contributed by atoms with Gasteiger partial charge in [-0.15, -0.1) is 11.3 Å². The summed E-state index contributed by atoms with van der Waals surface area (Å²) in [6.07, 6.45) is 8.37. The summed E-state index contributed by atoms with van der Waals surface area (Å²) in [6, 6.07) is 4.28. The van der Waals surface area contributed by atoms with Crippen LogP contribution >= 0.6 is 11.3 Å². The van der Waals surface area contributed by atoms with Gasteiger partial charge in [0.2, 0.25) is 11.8 Å². The van der Waals surface area contributed by atoms with E-state index < -0.39 is 11.5 Å². The Kier molecular flexibility index (Phi) is 4.17. The molecule has 1 aliphatic carbocycles. The third-order valence-electron chi connectivity index (χ3n) is 6.85. The highest BCUT2D eigenvalue weighted by Gasteiger charge is 2.66. The van der Waals surface area contributed by atoms with Gasteiger partial charge in [-0.25, -0.2) is 0 Å². The molecule has 1 aromatic heterocycles. The Morgan fingerprint density at radius 2 is 2.26 bits per heavy atom. The van der Waals surface area contributed by atoms with E-state index in [0.29, 0.717) is 19.0 Å². The van der Waals surface area contributed by atoms with Gasteiger partial charge in [-0.3, -0.25) is 9.59 Å². The number of rotatable bonds is 4. The van der Waals surface area contributed by atoms with Crippen LogP contribution in [-0.2, 0) is 20.9 Å². The minimum absolute atomic E-state index is 0.00120. The van der Waals surface area contributed by atoms with E-state index in [1.165, 1.54) is 12.8 Å². The number of fused-ring (bicyclic) bond motifs is 1. The molecule has 4 heterocycles. The van der Waals surface area contributed by atoms with Crippen molar-refractivity contribution in [3.05, 3.63) is 34.5 Å². The quantitative estimate of drug-likeness (QED) is 0.810. The second kappa shape index (κ2) is 6.45. The fraction of sp³-hybridized carbons (Fsp3) is 0.619. The Morgan fingerprint density at radius 3 is 3.04 bits per heavy atom. The van der Waals surface area contributed by atoms with Crippen molar-refractivity contribution in [3.8, 4) is 0 Å². The van der Waals surface area contributed by atoms with E-state index in [4.69, 9.17) is 4.74 Å². The Balaban J connectivity index is 1.35. The zero-order valence-electron chi connectivity index (χ0n) is 15.6. The van der Waals surface area contributed by atoms with E-state index in [-0.39, 0.29) is 29.9 Å². The highest BCUT2D eigenvalue weighted by molar-refractivity contribution is 7.09. The van der Waals surface area contributed by atoms with Gasteiger partial charge >= 0.3 is 0 Å². The van der Waals surface area contributed by atoms with E-state index in [9.17, 15) is 9.59 Å². The van der Waals surface area contributed by atoms with Crippen molar-refractivity contribution in [2.75, 3.05) is 6.54 Å². The number of likely N-dealkylation sites (tertiary alicyclic amines) is 1. The maximum absolute atomic E-state index is 13.2. The zero-order valence-corrected chi connectivity index (χ0v) is 16.4. The number of carbonyl (C=O) groups is 2. The van der Waals surface area contributed by atoms with Crippen LogP contribution in [0.5, 0.6) is 0 Å². The number of carbonyl (C=O) groups excluding carboxylic acids is 2. The number of hydrogen-bond acceptors (Lipinski definition) is 4. The summed E-state index contributed by atoms with van der Waals surface area (Å²) in [5, 5.41) is 5.29. The third-order valence-corrected chi connectivity index (χ3v) is 7.71. The van der Waals surface area contributed by atoms with Crippen molar-refractivity contribution in [2.45, 2.75) is 56.9 Å². The molecular weight excluding hydrogens is 360 g/mol. The molecule has 1 N–H and O–H groups in total. The molecule has 144 valence electrons. The number of nitrogens with zero attached hydrogens (tertiary/aromatic N) is 1. The molecule has 6 heteroatoms. The van der Waals surface area contributed by atoms with Gasteiger partial charge in [0.25, 0.3) is 0 Å². The molecule has 4 aliphatic rings. The number of hydrogen-bond donors (Lipinski definition) is 1. The molecule has 1 saturated carbocycles. The average molecular weight is 387 g/mol. The van der Waals surface area contributed by atoms with Gasteiger partial charge in [0.15, 0.2) is 0 Å². The second-order valence-corrected chi connectivity index (χ2v) is 9.58. The molecule has 5 nitrogen and oxygen atoms in total. The fourth-order valence-electron chi connectivity index (χ4n) is 5.41. The van der Waals surface area contributed by atoms with E-state index in [1.807, 2.05) is 34.6 Å². The second-order valence-electron chi connectivity index (χ2n) is 8.55. The monoisotopic (exact) mass is 386 g/mol. The first-order valence-electron chi connectivity index (χ1n) is 10.1. The molecule has 6 unspecified atom stereocenters. The lowest BCUT2D eigenvalue weighted by Gasteiger charge is -2.32. The van der Waals surface area contributed by atoms with E-state index >= 15 is 0 Å². The highest BCUT2D eigenvalue weighted by Crippen LogP contribution is 2.52. The number of thiophene rings is 1. The molecule has 1 aromatic rings. The highest BCUT2D eigenvalue weighted by atomic mass is 32.1. The summed E-state index contributed by atoms with van der Waals surface area (Å²) in [6.45, 7) is 3.36. The van der Waals surface area contributed by atoms with Gasteiger partial charge in [-0.2, -0.15) is 0 Å². The molecule has 2 saturated heterocycles. The summed E-state index contributed by atoms with van der Waals surface area (Å²) >= 11 is 1.66. The number of nitrogens with one attached hydrogen (secondary N) is 1. The van der Waals surface area contributed by atoms with Crippen molar-refractivity contribution in [3.63, 3.8) is 0 Å². The van der Waals surface area contributed by atoms with Crippen LogP contribution in [0.1, 0.15) is 37.5 Å². The van der Waals surface area contributed by atoms with E-state index in [0.717, 1.165) is 17.7 Å². The Bertz CT molecular complexity index is 776. The minimum Gasteiger partial charge on any atom is -0.360 e. The lowest BCUT2D eigenvalue weighted by atomic mass is 9.76. The van der Waals surface area contributed by atoms with Crippen molar-refractivity contribution in [1.29, 1.82) is 0 Å². The van der Waals surface area contributed by atoms with Gasteiger partial charge in [0.05, 0.1) is 31.0 Å². The molecule has 3 fully saturated rings. The van der Waals surface area contributed by atoms with E-state index in [2.05, 4.69) is 12.2 Å². The van der Waals surface area contributed by atoms with Crippen molar-refractivity contribution in [1.82, 2.24) is 10.2 Å². The van der Waals surface area contributed by atoms with Gasteiger partial charge in [-0.05, 0) is 30.2 Å². The summed E-state index contributed by atoms with van der Waals surface area (Å²) in [4.78, 5) is 29.4. The van der Waals surface area contributed by atoms with E-state index in [1.54, 1.807) is 11.3 Å². The summed E-state index contributed by atoms with van der Waals surface area (Å²) in [7, 11) is 0. The molecule has 0 aromatic carbocycles. The standard InChI is InChI=1S/C21H26N2O3S/c1-13-5-2-3-7-15(13)22-19(24)17-16-8-9-21(26-16)12-23(20(25)18(17)21)11-14-6-4-10-27-14/h4,6,8-10,13,15-18H,2-3,5,7,11-12H2,1H3,(H,22,24). The summed E-state index contributed by atoms with van der Waals surface area (Å²) in [5.41, 5.74) is -0.612. The van der Waals surface area contributed by atoms with Crippen molar-refractivity contribution < 1.29 is 14.3 Å². The lowest BCUT2D eigenvalue weighted by molar-refractivity contribution is -0.138. The van der Waals surface area contributed by atoms with Crippen LogP contribution in [-0.4, -0.2) is 41.0 Å². The molecular formula is C21H26N2O3S. The molecule has 5 rings (SSSR count). The molecule has 0 radical (unpaired) electrons. The normalized spacial score (nSPS) is 39.8. The Labute approximate surface area is 163 Å². The van der Waals surface area contributed by atoms with Crippen LogP contribution in [0.15, 0.2) is 29.7 Å². The molecule has 3 aliphatic heterocycles. The van der Waals surface area contributed by atoms with Crippen molar-refractivity contribution in [2.24, 2.45) is 17.8 Å². The van der Waals surface area contributed by atoms with Crippen LogP contribution in [0.25, 0.3) is 0 Å². The first-order valence-corrected chi connectivity index (χ1v) is 10.9. The molecule has 6 atom stereocenters. The minimum atomic E-state index is -0.612. The van der Waals surface area contributed by atoms with Crippen LogP contribution in [0.2, 0.25) is 0 Å². The summed E-state index contributed by atoms with van der Waals surface area (Å²) < 4.78 is 6.22. The first-order chi connectivity index (χ1) is 13.1. The Hall–Kier alpha value is -1.66. The lowest BCUT2D eigenvalue weighted by Crippen LogP contribution is -2.49. The molecule has 2 amide bonds. The first kappa shape index (κ1) is 17.4. The SMILES string of the molecule is CC1CCCCC1NC(=O)C1C2C=CC3(CN(Cc4cccs4)C(=O)C13)O2. The van der Waals surface area contributed by atoms with Crippen molar-refractivity contribution >= 4 is 23.2 Å².